The Labute approximate surface area is 197 Å². The summed E-state index contributed by atoms with van der Waals surface area (Å²) in [5.41, 5.74) is 8.35. The maximum absolute atomic E-state index is 11.6. The standard InChI is InChI=1S/C25H27N7O2/c26-24-28-25(29-32(24)21-7-5-20(6-8-21)31-13-3-4-14-31)27-23-10-9-22(17-19(23)18-33)34-16-15-30-11-1-2-12-30/h3-10,13-14,17,23H,1-2,11-12,15-16H2,(H3,26,27,28,29). The highest BCUT2D eigenvalue weighted by Gasteiger charge is 2.20. The molecule has 174 valence electrons. The number of nitrogens with one attached hydrogen (secondary N) is 1. The molecular formula is C25H27N7O2. The lowest BCUT2D eigenvalue weighted by Gasteiger charge is -2.19. The summed E-state index contributed by atoms with van der Waals surface area (Å²) in [6, 6.07) is 11.3. The van der Waals surface area contributed by atoms with E-state index in [0.717, 1.165) is 31.0 Å². The average molecular weight is 458 g/mol. The zero-order valence-corrected chi connectivity index (χ0v) is 18.8. The highest BCUT2D eigenvalue weighted by atomic mass is 16.5. The molecule has 1 aromatic carbocycles. The summed E-state index contributed by atoms with van der Waals surface area (Å²) >= 11 is 0. The number of aromatic nitrogens is 4. The number of hydrogen-bond acceptors (Lipinski definition) is 7. The van der Waals surface area contributed by atoms with Crippen LogP contribution in [-0.4, -0.2) is 62.5 Å². The van der Waals surface area contributed by atoms with E-state index < -0.39 is 6.04 Å². The third-order valence-electron chi connectivity index (χ3n) is 5.99. The van der Waals surface area contributed by atoms with Gasteiger partial charge in [0.15, 0.2) is 0 Å². The molecule has 1 atom stereocenters. The predicted molar refractivity (Wildman–Crippen MR) is 131 cm³/mol. The quantitative estimate of drug-likeness (QED) is 0.501. The fraction of sp³-hybridized carbons (Fsp3) is 0.280. The van der Waals surface area contributed by atoms with Crippen LogP contribution >= 0.6 is 0 Å². The second-order valence-electron chi connectivity index (χ2n) is 8.29. The predicted octanol–water partition coefficient (Wildman–Crippen LogP) is 2.74. The molecule has 3 N–H and O–H groups in total. The first-order valence-electron chi connectivity index (χ1n) is 11.4. The molecule has 0 radical (unpaired) electrons. The van der Waals surface area contributed by atoms with E-state index in [4.69, 9.17) is 10.5 Å². The number of hydrogen-bond donors (Lipinski definition) is 2. The molecule has 0 amide bonds. The highest BCUT2D eigenvalue weighted by Crippen LogP contribution is 2.21. The Hall–Kier alpha value is -4.07. The fourth-order valence-corrected chi connectivity index (χ4v) is 4.18. The van der Waals surface area contributed by atoms with Gasteiger partial charge in [0, 0.05) is 24.6 Å². The zero-order valence-electron chi connectivity index (χ0n) is 18.8. The summed E-state index contributed by atoms with van der Waals surface area (Å²) in [7, 11) is 0. The van der Waals surface area contributed by atoms with Gasteiger partial charge in [0.2, 0.25) is 11.9 Å². The van der Waals surface area contributed by atoms with Crippen LogP contribution in [-0.2, 0) is 9.53 Å². The number of carbonyl (C=O) groups excluding carboxylic acids is 1. The summed E-state index contributed by atoms with van der Waals surface area (Å²) in [5.74, 6) is 3.21. The van der Waals surface area contributed by atoms with Crippen LogP contribution in [0.25, 0.3) is 11.4 Å². The van der Waals surface area contributed by atoms with Crippen molar-refractivity contribution in [3.63, 3.8) is 0 Å². The molecule has 3 heterocycles. The normalized spacial score (nSPS) is 18.1. The lowest BCUT2D eigenvalue weighted by Crippen LogP contribution is -2.25. The number of ether oxygens (including phenoxy) is 1. The number of nitrogens with two attached hydrogens (primary N) is 1. The van der Waals surface area contributed by atoms with Crippen molar-refractivity contribution in [1.82, 2.24) is 24.2 Å². The van der Waals surface area contributed by atoms with E-state index in [1.165, 1.54) is 12.8 Å². The Morgan fingerprint density at radius 3 is 2.59 bits per heavy atom. The molecule has 1 saturated heterocycles. The highest BCUT2D eigenvalue weighted by molar-refractivity contribution is 5.65. The lowest BCUT2D eigenvalue weighted by atomic mass is 10.0. The molecule has 0 spiro atoms. The monoisotopic (exact) mass is 457 g/mol. The minimum absolute atomic E-state index is 0.245. The number of benzene rings is 1. The number of likely N-dealkylation sites (tertiary alicyclic amines) is 1. The second-order valence-corrected chi connectivity index (χ2v) is 8.29. The Morgan fingerprint density at radius 1 is 1.12 bits per heavy atom. The second kappa shape index (κ2) is 9.82. The van der Waals surface area contributed by atoms with E-state index >= 15 is 0 Å². The molecule has 0 saturated carbocycles. The average Bonchev–Trinajstić information content (AvgIpc) is 3.63. The minimum Gasteiger partial charge on any atom is -0.492 e. The van der Waals surface area contributed by atoms with Gasteiger partial charge in [-0.1, -0.05) is 6.08 Å². The van der Waals surface area contributed by atoms with Gasteiger partial charge in [-0.15, -0.1) is 5.10 Å². The van der Waals surface area contributed by atoms with Gasteiger partial charge < -0.3 is 20.4 Å². The maximum atomic E-state index is 11.6. The van der Waals surface area contributed by atoms with Gasteiger partial charge in [0.1, 0.15) is 18.3 Å². The van der Waals surface area contributed by atoms with Crippen molar-refractivity contribution in [2.75, 3.05) is 37.3 Å². The molecule has 9 heteroatoms. The van der Waals surface area contributed by atoms with Gasteiger partial charge in [0.05, 0.1) is 17.3 Å². The maximum Gasteiger partial charge on any atom is 0.245 e. The number of anilines is 2. The van der Waals surface area contributed by atoms with Crippen LogP contribution in [0.4, 0.5) is 11.9 Å². The molecule has 0 bridgehead atoms. The van der Waals surface area contributed by atoms with Crippen LogP contribution in [0.15, 0.2) is 78.4 Å². The Kier molecular flexibility index (Phi) is 6.29. The van der Waals surface area contributed by atoms with Crippen molar-refractivity contribution >= 4 is 17.8 Å². The number of allylic oxidation sites excluding steroid dienone is 1. The molecule has 5 rings (SSSR count). The third kappa shape index (κ3) is 4.80. The van der Waals surface area contributed by atoms with E-state index in [1.54, 1.807) is 10.8 Å². The SMILES string of the molecule is Nc1nc(NC2C=CC(OCCN3CCCC3)=CC2=C=O)nn1-c1ccc(-n2cccc2)cc1. The van der Waals surface area contributed by atoms with Gasteiger partial charge in [-0.05, 0) is 74.5 Å². The van der Waals surface area contributed by atoms with Crippen LogP contribution in [0, 0.1) is 0 Å². The number of nitrogens with zero attached hydrogens (tertiary/aromatic N) is 5. The first kappa shape index (κ1) is 21.8. The van der Waals surface area contributed by atoms with Crippen molar-refractivity contribution in [1.29, 1.82) is 0 Å². The van der Waals surface area contributed by atoms with E-state index in [2.05, 4.69) is 20.3 Å². The van der Waals surface area contributed by atoms with Crippen LogP contribution in [0.5, 0.6) is 0 Å². The smallest absolute Gasteiger partial charge is 0.245 e. The van der Waals surface area contributed by atoms with E-state index in [9.17, 15) is 4.79 Å². The molecule has 1 aliphatic carbocycles. The lowest BCUT2D eigenvalue weighted by molar-refractivity contribution is 0.179. The van der Waals surface area contributed by atoms with Crippen LogP contribution < -0.4 is 11.1 Å². The molecular weight excluding hydrogens is 430 g/mol. The molecule has 1 aliphatic heterocycles. The van der Waals surface area contributed by atoms with Crippen molar-refractivity contribution < 1.29 is 9.53 Å². The molecule has 34 heavy (non-hydrogen) atoms. The topological polar surface area (TPSA) is 103 Å². The van der Waals surface area contributed by atoms with Crippen LogP contribution in [0.3, 0.4) is 0 Å². The van der Waals surface area contributed by atoms with Gasteiger partial charge in [-0.3, -0.25) is 4.90 Å². The van der Waals surface area contributed by atoms with Crippen molar-refractivity contribution in [3.05, 3.63) is 78.4 Å². The fourth-order valence-electron chi connectivity index (χ4n) is 4.18. The minimum atomic E-state index is -0.421. The van der Waals surface area contributed by atoms with E-state index in [0.29, 0.717) is 23.9 Å². The number of rotatable bonds is 8. The van der Waals surface area contributed by atoms with Gasteiger partial charge in [0.25, 0.3) is 0 Å². The first-order valence-corrected chi connectivity index (χ1v) is 11.4. The Balaban J connectivity index is 1.22. The number of nitrogen functional groups attached to an aromatic ring is 1. The van der Waals surface area contributed by atoms with Gasteiger partial charge in [-0.25, -0.2) is 4.79 Å². The molecule has 1 unspecified atom stereocenters. The van der Waals surface area contributed by atoms with Crippen molar-refractivity contribution in [3.8, 4) is 11.4 Å². The van der Waals surface area contributed by atoms with Crippen molar-refractivity contribution in [2.45, 2.75) is 18.9 Å². The summed E-state index contributed by atoms with van der Waals surface area (Å²) in [6.07, 6.45) is 11.9. The zero-order chi connectivity index (χ0) is 23.3. The molecule has 2 aliphatic rings. The summed E-state index contributed by atoms with van der Waals surface area (Å²) in [4.78, 5) is 18.3. The Bertz CT molecular complexity index is 1230. The van der Waals surface area contributed by atoms with E-state index in [1.807, 2.05) is 71.5 Å². The van der Waals surface area contributed by atoms with Crippen molar-refractivity contribution in [2.24, 2.45) is 0 Å². The van der Waals surface area contributed by atoms with Gasteiger partial charge in [-0.2, -0.15) is 9.67 Å². The molecule has 9 nitrogen and oxygen atoms in total. The van der Waals surface area contributed by atoms with Crippen LogP contribution in [0.2, 0.25) is 0 Å². The molecule has 3 aromatic rings. The first-order chi connectivity index (χ1) is 16.7. The molecule has 1 fully saturated rings. The molecule has 2 aromatic heterocycles. The van der Waals surface area contributed by atoms with E-state index in [-0.39, 0.29) is 5.95 Å². The largest absolute Gasteiger partial charge is 0.492 e. The third-order valence-corrected chi connectivity index (χ3v) is 5.99. The summed E-state index contributed by atoms with van der Waals surface area (Å²) in [5, 5.41) is 7.62. The van der Waals surface area contributed by atoms with Gasteiger partial charge >= 0.3 is 0 Å². The summed E-state index contributed by atoms with van der Waals surface area (Å²) in [6.45, 7) is 3.74. The van der Waals surface area contributed by atoms with Crippen LogP contribution in [0.1, 0.15) is 12.8 Å². The Morgan fingerprint density at radius 2 is 1.85 bits per heavy atom. The summed E-state index contributed by atoms with van der Waals surface area (Å²) < 4.78 is 9.41.